The second-order valence-electron chi connectivity index (χ2n) is 6.12. The van der Waals surface area contributed by atoms with Crippen LogP contribution in [0.3, 0.4) is 0 Å². The summed E-state index contributed by atoms with van der Waals surface area (Å²) in [4.78, 5) is 14.6. The van der Waals surface area contributed by atoms with Gasteiger partial charge in [-0.25, -0.2) is 0 Å². The molecule has 1 amide bonds. The first-order chi connectivity index (χ1) is 9.25. The Morgan fingerprint density at radius 3 is 2.68 bits per heavy atom. The maximum absolute atomic E-state index is 12.1. The van der Waals surface area contributed by atoms with Crippen LogP contribution in [-0.4, -0.2) is 49.6 Å². The van der Waals surface area contributed by atoms with Crippen molar-refractivity contribution in [1.82, 2.24) is 15.5 Å². The van der Waals surface area contributed by atoms with E-state index >= 15 is 0 Å². The number of carbonyl (C=O) groups is 1. The second-order valence-corrected chi connectivity index (χ2v) is 6.12. The van der Waals surface area contributed by atoms with Crippen molar-refractivity contribution in [2.75, 3.05) is 32.7 Å². The molecule has 19 heavy (non-hydrogen) atoms. The topological polar surface area (TPSA) is 44.4 Å². The van der Waals surface area contributed by atoms with E-state index in [9.17, 15) is 4.79 Å². The van der Waals surface area contributed by atoms with Gasteiger partial charge < -0.3 is 15.5 Å². The van der Waals surface area contributed by atoms with Crippen LogP contribution in [-0.2, 0) is 4.79 Å². The first-order valence-electron chi connectivity index (χ1n) is 7.99. The molecule has 2 aliphatic heterocycles. The highest BCUT2D eigenvalue weighted by molar-refractivity contribution is 5.78. The Kier molecular flexibility index (Phi) is 6.11. The molecule has 2 unspecified atom stereocenters. The first kappa shape index (κ1) is 14.8. The molecule has 2 rings (SSSR count). The van der Waals surface area contributed by atoms with E-state index in [0.29, 0.717) is 6.04 Å². The summed E-state index contributed by atoms with van der Waals surface area (Å²) in [6.45, 7) is 7.39. The maximum Gasteiger partial charge on any atom is 0.223 e. The zero-order valence-corrected chi connectivity index (χ0v) is 12.3. The highest BCUT2D eigenvalue weighted by Crippen LogP contribution is 2.15. The summed E-state index contributed by atoms with van der Waals surface area (Å²) in [5.41, 5.74) is 0. The van der Waals surface area contributed by atoms with E-state index in [-0.39, 0.29) is 11.8 Å². The quantitative estimate of drug-likeness (QED) is 0.808. The summed E-state index contributed by atoms with van der Waals surface area (Å²) in [5, 5.41) is 6.53. The molecule has 2 atom stereocenters. The Labute approximate surface area is 117 Å². The molecule has 0 radical (unpaired) electrons. The number of likely N-dealkylation sites (tertiary alicyclic amines) is 1. The molecule has 2 saturated heterocycles. The van der Waals surface area contributed by atoms with Crippen molar-refractivity contribution in [2.45, 2.75) is 51.5 Å². The molecule has 110 valence electrons. The number of carbonyl (C=O) groups excluding carboxylic acids is 1. The van der Waals surface area contributed by atoms with E-state index in [0.717, 1.165) is 32.5 Å². The zero-order chi connectivity index (χ0) is 13.5. The SMILES string of the molecule is CC1CC(C(=O)NCCN2CCCCCC2)CCN1. The van der Waals surface area contributed by atoms with Gasteiger partial charge in [-0.2, -0.15) is 0 Å². The van der Waals surface area contributed by atoms with E-state index in [4.69, 9.17) is 0 Å². The molecule has 4 nitrogen and oxygen atoms in total. The molecule has 2 fully saturated rings. The number of nitrogens with one attached hydrogen (secondary N) is 2. The molecule has 2 aliphatic rings. The van der Waals surface area contributed by atoms with Crippen molar-refractivity contribution in [1.29, 1.82) is 0 Å². The van der Waals surface area contributed by atoms with Gasteiger partial charge in [0.25, 0.3) is 0 Å². The zero-order valence-electron chi connectivity index (χ0n) is 12.3. The van der Waals surface area contributed by atoms with Crippen LogP contribution in [0.15, 0.2) is 0 Å². The second kappa shape index (κ2) is 7.85. The van der Waals surface area contributed by atoms with E-state index in [2.05, 4.69) is 22.5 Å². The monoisotopic (exact) mass is 267 g/mol. The van der Waals surface area contributed by atoms with Crippen molar-refractivity contribution in [2.24, 2.45) is 5.92 Å². The fourth-order valence-corrected chi connectivity index (χ4v) is 3.21. The van der Waals surface area contributed by atoms with Crippen LogP contribution in [0.4, 0.5) is 0 Å². The van der Waals surface area contributed by atoms with Crippen LogP contribution in [0.1, 0.15) is 45.4 Å². The lowest BCUT2D eigenvalue weighted by Gasteiger charge is -2.27. The van der Waals surface area contributed by atoms with Gasteiger partial charge in [0, 0.05) is 25.0 Å². The molecule has 0 saturated carbocycles. The molecule has 0 spiro atoms. The Morgan fingerprint density at radius 2 is 2.00 bits per heavy atom. The fourth-order valence-electron chi connectivity index (χ4n) is 3.21. The van der Waals surface area contributed by atoms with Gasteiger partial charge in [-0.05, 0) is 52.2 Å². The number of hydrogen-bond donors (Lipinski definition) is 2. The highest BCUT2D eigenvalue weighted by Gasteiger charge is 2.24. The summed E-state index contributed by atoms with van der Waals surface area (Å²) in [6, 6.07) is 0.482. The molecular weight excluding hydrogens is 238 g/mol. The number of piperidine rings is 1. The molecule has 0 aromatic heterocycles. The van der Waals surface area contributed by atoms with Crippen molar-refractivity contribution in [3.63, 3.8) is 0 Å². The standard InChI is InChI=1S/C15H29N3O/c1-13-12-14(6-7-16-13)15(19)17-8-11-18-9-4-2-3-5-10-18/h13-14,16H,2-12H2,1H3,(H,17,19). The van der Waals surface area contributed by atoms with Crippen LogP contribution >= 0.6 is 0 Å². The third-order valence-corrected chi connectivity index (χ3v) is 4.42. The number of hydrogen-bond acceptors (Lipinski definition) is 3. The molecule has 0 bridgehead atoms. The van der Waals surface area contributed by atoms with Gasteiger partial charge in [0.2, 0.25) is 5.91 Å². The Bertz CT molecular complexity index is 275. The van der Waals surface area contributed by atoms with E-state index < -0.39 is 0 Å². The lowest BCUT2D eigenvalue weighted by Crippen LogP contribution is -2.44. The number of amides is 1. The van der Waals surface area contributed by atoms with Gasteiger partial charge in [0.1, 0.15) is 0 Å². The van der Waals surface area contributed by atoms with Gasteiger partial charge in [-0.3, -0.25) is 4.79 Å². The lowest BCUT2D eigenvalue weighted by molar-refractivity contribution is -0.126. The molecule has 0 aromatic rings. The van der Waals surface area contributed by atoms with Crippen molar-refractivity contribution < 1.29 is 4.79 Å². The minimum absolute atomic E-state index is 0.223. The van der Waals surface area contributed by atoms with Gasteiger partial charge >= 0.3 is 0 Å². The third-order valence-electron chi connectivity index (χ3n) is 4.42. The summed E-state index contributed by atoms with van der Waals surface area (Å²) in [5.74, 6) is 0.489. The number of nitrogens with zero attached hydrogens (tertiary/aromatic N) is 1. The largest absolute Gasteiger partial charge is 0.355 e. The van der Waals surface area contributed by atoms with Crippen LogP contribution < -0.4 is 10.6 Å². The molecular formula is C15H29N3O. The smallest absolute Gasteiger partial charge is 0.223 e. The van der Waals surface area contributed by atoms with Crippen LogP contribution in [0.2, 0.25) is 0 Å². The predicted octanol–water partition coefficient (Wildman–Crippen LogP) is 1.37. The Morgan fingerprint density at radius 1 is 1.26 bits per heavy atom. The van der Waals surface area contributed by atoms with Crippen LogP contribution in [0, 0.1) is 5.92 Å². The minimum Gasteiger partial charge on any atom is -0.355 e. The van der Waals surface area contributed by atoms with Gasteiger partial charge in [0.15, 0.2) is 0 Å². The summed E-state index contributed by atoms with van der Waals surface area (Å²) in [7, 11) is 0. The lowest BCUT2D eigenvalue weighted by atomic mass is 9.92. The molecule has 0 aliphatic carbocycles. The van der Waals surface area contributed by atoms with Crippen molar-refractivity contribution in [3.05, 3.63) is 0 Å². The van der Waals surface area contributed by atoms with Gasteiger partial charge in [-0.15, -0.1) is 0 Å². The van der Waals surface area contributed by atoms with E-state index in [1.54, 1.807) is 0 Å². The highest BCUT2D eigenvalue weighted by atomic mass is 16.1. The molecule has 2 N–H and O–H groups in total. The first-order valence-corrected chi connectivity index (χ1v) is 7.99. The van der Waals surface area contributed by atoms with E-state index in [1.807, 2.05) is 0 Å². The van der Waals surface area contributed by atoms with E-state index in [1.165, 1.54) is 38.8 Å². The van der Waals surface area contributed by atoms with Crippen LogP contribution in [0.5, 0.6) is 0 Å². The van der Waals surface area contributed by atoms with Crippen molar-refractivity contribution in [3.8, 4) is 0 Å². The van der Waals surface area contributed by atoms with Gasteiger partial charge in [0.05, 0.1) is 0 Å². The summed E-state index contributed by atoms with van der Waals surface area (Å²) >= 11 is 0. The average Bonchev–Trinajstić information content (AvgIpc) is 2.67. The maximum atomic E-state index is 12.1. The minimum atomic E-state index is 0.223. The summed E-state index contributed by atoms with van der Waals surface area (Å²) in [6.07, 6.45) is 7.35. The summed E-state index contributed by atoms with van der Waals surface area (Å²) < 4.78 is 0. The normalized spacial score (nSPS) is 29.7. The molecule has 4 heteroatoms. The molecule has 2 heterocycles. The molecule has 0 aromatic carbocycles. The predicted molar refractivity (Wildman–Crippen MR) is 78.1 cm³/mol. The Hall–Kier alpha value is -0.610. The van der Waals surface area contributed by atoms with Crippen molar-refractivity contribution >= 4 is 5.91 Å². The van der Waals surface area contributed by atoms with Gasteiger partial charge in [-0.1, -0.05) is 12.8 Å². The third kappa shape index (κ3) is 5.11. The van der Waals surface area contributed by atoms with Crippen LogP contribution in [0.25, 0.3) is 0 Å². The number of rotatable bonds is 4. The Balaban J connectivity index is 1.62. The average molecular weight is 267 g/mol. The fraction of sp³-hybridized carbons (Fsp3) is 0.933.